The van der Waals surface area contributed by atoms with E-state index in [2.05, 4.69) is 6.92 Å². The molecule has 1 heterocycles. The van der Waals surface area contributed by atoms with Gasteiger partial charge in [-0.1, -0.05) is 73.8 Å². The van der Waals surface area contributed by atoms with Crippen molar-refractivity contribution in [2.24, 2.45) is 0 Å². The van der Waals surface area contributed by atoms with Gasteiger partial charge < -0.3 is 4.90 Å². The highest BCUT2D eigenvalue weighted by Gasteiger charge is 2.30. The van der Waals surface area contributed by atoms with E-state index in [0.717, 1.165) is 12.8 Å². The molecule has 3 aromatic carbocycles. The van der Waals surface area contributed by atoms with E-state index in [1.807, 2.05) is 55.5 Å². The Morgan fingerprint density at radius 1 is 1.00 bits per heavy atom. The van der Waals surface area contributed by atoms with Gasteiger partial charge in [-0.15, -0.1) is 0 Å². The van der Waals surface area contributed by atoms with Crippen molar-refractivity contribution in [3.63, 3.8) is 0 Å². The second-order valence-electron chi connectivity index (χ2n) is 8.36. The van der Waals surface area contributed by atoms with Crippen LogP contribution in [0.4, 0.5) is 0 Å². The van der Waals surface area contributed by atoms with Crippen molar-refractivity contribution in [2.45, 2.75) is 39.2 Å². The summed E-state index contributed by atoms with van der Waals surface area (Å²) in [6.07, 6.45) is 2.28. The van der Waals surface area contributed by atoms with Crippen LogP contribution in [0.5, 0.6) is 0 Å². The summed E-state index contributed by atoms with van der Waals surface area (Å²) in [7, 11) is 0. The van der Waals surface area contributed by atoms with Crippen molar-refractivity contribution in [3.05, 3.63) is 105 Å². The topological polar surface area (TPSA) is 55.2 Å². The van der Waals surface area contributed by atoms with E-state index in [-0.39, 0.29) is 11.5 Å². The second-order valence-corrected chi connectivity index (χ2v) is 9.21. The molecule has 7 heteroatoms. The van der Waals surface area contributed by atoms with Crippen LogP contribution in [0.1, 0.15) is 55.3 Å². The van der Waals surface area contributed by atoms with Crippen LogP contribution in [0.15, 0.2) is 77.6 Å². The third kappa shape index (κ3) is 5.12. The molecule has 0 aliphatic carbocycles. The molecule has 1 atom stereocenters. The standard InChI is InChI=1S/C28H27Cl2N3O2/c1-3-5-17-32(27(34)21-16-15-19(29)18-23(21)30)25(4-2)26-31-24-14-10-9-13-22(24)28(35)33(26)20-11-7-6-8-12-20/h6-16,18,25H,3-5,17H2,1-2H3. The van der Waals surface area contributed by atoms with Crippen LogP contribution in [-0.4, -0.2) is 26.9 Å². The van der Waals surface area contributed by atoms with E-state index in [1.54, 1.807) is 33.7 Å². The van der Waals surface area contributed by atoms with Gasteiger partial charge in [0, 0.05) is 11.6 Å². The average molecular weight is 508 g/mol. The van der Waals surface area contributed by atoms with Crippen molar-refractivity contribution in [3.8, 4) is 5.69 Å². The lowest BCUT2D eigenvalue weighted by Gasteiger charge is -2.32. The SMILES string of the molecule is CCCCN(C(=O)c1ccc(Cl)cc1Cl)C(CC)c1nc2ccccc2c(=O)n1-c1ccccc1. The minimum atomic E-state index is -0.446. The van der Waals surface area contributed by atoms with E-state index in [4.69, 9.17) is 28.2 Å². The molecule has 0 aliphatic rings. The first-order valence-electron chi connectivity index (χ1n) is 11.8. The molecule has 0 N–H and O–H groups in total. The van der Waals surface area contributed by atoms with Gasteiger partial charge in [-0.3, -0.25) is 14.2 Å². The highest BCUT2D eigenvalue weighted by molar-refractivity contribution is 6.36. The fourth-order valence-corrected chi connectivity index (χ4v) is 4.78. The molecule has 0 fully saturated rings. The lowest BCUT2D eigenvalue weighted by molar-refractivity contribution is 0.0656. The number of hydrogen-bond acceptors (Lipinski definition) is 3. The summed E-state index contributed by atoms with van der Waals surface area (Å²) in [6.45, 7) is 4.58. The van der Waals surface area contributed by atoms with E-state index in [0.29, 0.717) is 51.0 Å². The molecule has 0 aliphatic heterocycles. The molecule has 5 nitrogen and oxygen atoms in total. The fraction of sp³-hybridized carbons (Fsp3) is 0.250. The molecular formula is C28H27Cl2N3O2. The van der Waals surface area contributed by atoms with Gasteiger partial charge in [0.1, 0.15) is 5.82 Å². The van der Waals surface area contributed by atoms with E-state index >= 15 is 0 Å². The monoisotopic (exact) mass is 507 g/mol. The maximum absolute atomic E-state index is 13.8. The molecule has 1 aromatic heterocycles. The number of unbranched alkanes of at least 4 members (excludes halogenated alkanes) is 1. The van der Waals surface area contributed by atoms with E-state index in [9.17, 15) is 9.59 Å². The molecule has 1 amide bonds. The summed E-state index contributed by atoms with van der Waals surface area (Å²) in [5.74, 6) is 0.311. The molecule has 1 unspecified atom stereocenters. The van der Waals surface area contributed by atoms with Crippen LogP contribution < -0.4 is 5.56 Å². The Kier molecular flexibility index (Phi) is 7.89. The Bertz CT molecular complexity index is 1400. The Morgan fingerprint density at radius 2 is 1.71 bits per heavy atom. The van der Waals surface area contributed by atoms with E-state index < -0.39 is 6.04 Å². The molecule has 180 valence electrons. The van der Waals surface area contributed by atoms with Crippen LogP contribution in [0.25, 0.3) is 16.6 Å². The molecule has 4 aromatic rings. The number of carbonyl (C=O) groups excluding carboxylic acids is 1. The molecule has 0 bridgehead atoms. The average Bonchev–Trinajstić information content (AvgIpc) is 2.87. The van der Waals surface area contributed by atoms with Gasteiger partial charge in [0.25, 0.3) is 11.5 Å². The highest BCUT2D eigenvalue weighted by Crippen LogP contribution is 2.30. The Hall–Kier alpha value is -3.15. The van der Waals surface area contributed by atoms with Crippen LogP contribution in [0.3, 0.4) is 0 Å². The quantitative estimate of drug-likeness (QED) is 0.255. The van der Waals surface area contributed by atoms with Crippen molar-refractivity contribution in [1.82, 2.24) is 14.5 Å². The van der Waals surface area contributed by atoms with Gasteiger partial charge in [-0.2, -0.15) is 0 Å². The van der Waals surface area contributed by atoms with Gasteiger partial charge in [-0.25, -0.2) is 4.98 Å². The number of para-hydroxylation sites is 2. The van der Waals surface area contributed by atoms with Crippen LogP contribution in [0, 0.1) is 0 Å². The molecule has 0 spiro atoms. The summed E-state index contributed by atoms with van der Waals surface area (Å²) < 4.78 is 1.63. The summed E-state index contributed by atoms with van der Waals surface area (Å²) in [6, 6.07) is 21.2. The van der Waals surface area contributed by atoms with E-state index in [1.165, 1.54) is 0 Å². The zero-order valence-corrected chi connectivity index (χ0v) is 21.3. The normalized spacial score (nSPS) is 12.0. The van der Waals surface area contributed by atoms with Gasteiger partial charge in [0.2, 0.25) is 0 Å². The number of halogens is 2. The first-order valence-corrected chi connectivity index (χ1v) is 12.5. The Balaban J connectivity index is 1.93. The number of carbonyl (C=O) groups is 1. The number of aromatic nitrogens is 2. The van der Waals surface area contributed by atoms with Gasteiger partial charge in [-0.05, 0) is 55.3 Å². The second kappa shape index (κ2) is 11.1. The first kappa shape index (κ1) is 25.0. The van der Waals surface area contributed by atoms with Crippen LogP contribution >= 0.6 is 23.2 Å². The first-order chi connectivity index (χ1) is 17.0. The molecule has 4 rings (SSSR count). The minimum absolute atomic E-state index is 0.164. The van der Waals surface area contributed by atoms with Crippen molar-refractivity contribution in [1.29, 1.82) is 0 Å². The number of nitrogens with zero attached hydrogens (tertiary/aromatic N) is 3. The fourth-order valence-electron chi connectivity index (χ4n) is 4.29. The van der Waals surface area contributed by atoms with Gasteiger partial charge in [0.15, 0.2) is 0 Å². The van der Waals surface area contributed by atoms with Crippen LogP contribution in [0.2, 0.25) is 10.0 Å². The lowest BCUT2D eigenvalue weighted by atomic mass is 10.1. The van der Waals surface area contributed by atoms with Gasteiger partial charge in [0.05, 0.1) is 33.2 Å². The summed E-state index contributed by atoms with van der Waals surface area (Å²) in [5, 5.41) is 1.29. The Morgan fingerprint density at radius 3 is 2.40 bits per heavy atom. The zero-order valence-electron chi connectivity index (χ0n) is 19.7. The van der Waals surface area contributed by atoms with Crippen molar-refractivity contribution >= 4 is 40.0 Å². The summed E-state index contributed by atoms with van der Waals surface area (Å²) in [4.78, 5) is 34.3. The highest BCUT2D eigenvalue weighted by atomic mass is 35.5. The number of amides is 1. The predicted molar refractivity (Wildman–Crippen MR) is 143 cm³/mol. The molecular weight excluding hydrogens is 481 g/mol. The van der Waals surface area contributed by atoms with Crippen molar-refractivity contribution < 1.29 is 4.79 Å². The minimum Gasteiger partial charge on any atom is -0.328 e. The molecule has 35 heavy (non-hydrogen) atoms. The molecule has 0 radical (unpaired) electrons. The van der Waals surface area contributed by atoms with Crippen LogP contribution in [-0.2, 0) is 0 Å². The molecule has 0 saturated heterocycles. The number of fused-ring (bicyclic) bond motifs is 1. The zero-order chi connectivity index (χ0) is 24.9. The number of benzene rings is 3. The number of rotatable bonds is 8. The largest absolute Gasteiger partial charge is 0.328 e. The summed E-state index contributed by atoms with van der Waals surface area (Å²) >= 11 is 12.5. The Labute approximate surface area is 214 Å². The third-order valence-corrected chi connectivity index (χ3v) is 6.60. The summed E-state index contributed by atoms with van der Waals surface area (Å²) in [5.41, 5.74) is 1.52. The maximum Gasteiger partial charge on any atom is 0.266 e. The molecule has 0 saturated carbocycles. The lowest BCUT2D eigenvalue weighted by Crippen LogP contribution is -2.39. The third-order valence-electron chi connectivity index (χ3n) is 6.05. The van der Waals surface area contributed by atoms with Crippen molar-refractivity contribution in [2.75, 3.05) is 6.54 Å². The number of hydrogen-bond donors (Lipinski definition) is 0. The smallest absolute Gasteiger partial charge is 0.266 e. The predicted octanol–water partition coefficient (Wildman–Crippen LogP) is 7.09. The van der Waals surface area contributed by atoms with Gasteiger partial charge >= 0.3 is 0 Å². The maximum atomic E-state index is 13.8.